The van der Waals surface area contributed by atoms with E-state index in [0.29, 0.717) is 5.92 Å². The molecule has 0 aromatic heterocycles. The number of halogens is 1. The largest absolute Gasteiger partial charge is 0.247 e. The van der Waals surface area contributed by atoms with Gasteiger partial charge in [-0.25, -0.2) is 4.39 Å². The van der Waals surface area contributed by atoms with Gasteiger partial charge in [0, 0.05) is 0 Å². The van der Waals surface area contributed by atoms with E-state index in [9.17, 15) is 4.39 Å². The van der Waals surface area contributed by atoms with Gasteiger partial charge in [0.05, 0.1) is 0 Å². The van der Waals surface area contributed by atoms with E-state index in [1.807, 2.05) is 0 Å². The molecule has 0 heterocycles. The third-order valence-corrected chi connectivity index (χ3v) is 4.12. The third kappa shape index (κ3) is 5.32. The van der Waals surface area contributed by atoms with Gasteiger partial charge in [-0.15, -0.1) is 0 Å². The molecule has 0 aromatic rings. The van der Waals surface area contributed by atoms with Crippen molar-refractivity contribution in [3.05, 3.63) is 0 Å². The van der Waals surface area contributed by atoms with Crippen LogP contribution in [0.4, 0.5) is 4.39 Å². The number of rotatable bonds is 7. The van der Waals surface area contributed by atoms with Crippen molar-refractivity contribution < 1.29 is 4.39 Å². The molecule has 16 heavy (non-hydrogen) atoms. The molecule has 1 atom stereocenters. The minimum Gasteiger partial charge on any atom is -0.247 e. The summed E-state index contributed by atoms with van der Waals surface area (Å²) in [5.74, 6) is 1.65. The second kappa shape index (κ2) is 8.08. The van der Waals surface area contributed by atoms with Crippen molar-refractivity contribution in [3.63, 3.8) is 0 Å². The minimum atomic E-state index is -0.521. The van der Waals surface area contributed by atoms with E-state index in [2.05, 4.69) is 13.8 Å². The lowest BCUT2D eigenvalue weighted by atomic mass is 9.78. The van der Waals surface area contributed by atoms with E-state index >= 15 is 0 Å². The third-order valence-electron chi connectivity index (χ3n) is 4.12. The van der Waals surface area contributed by atoms with Crippen LogP contribution in [0.3, 0.4) is 0 Å². The summed E-state index contributed by atoms with van der Waals surface area (Å²) < 4.78 is 13.6. The fourth-order valence-corrected chi connectivity index (χ4v) is 3.07. The van der Waals surface area contributed by atoms with Crippen molar-refractivity contribution in [2.75, 3.05) is 0 Å². The van der Waals surface area contributed by atoms with Gasteiger partial charge >= 0.3 is 0 Å². The number of unbranched alkanes of at least 4 members (excludes halogenated alkanes) is 1. The van der Waals surface area contributed by atoms with Gasteiger partial charge in [0.1, 0.15) is 6.17 Å². The summed E-state index contributed by atoms with van der Waals surface area (Å²) in [6.07, 6.45) is 11.3. The lowest BCUT2D eigenvalue weighted by Gasteiger charge is -2.29. The van der Waals surface area contributed by atoms with E-state index < -0.39 is 6.17 Å². The van der Waals surface area contributed by atoms with Crippen LogP contribution in [0.25, 0.3) is 0 Å². The number of alkyl halides is 1. The molecular weight excluding hydrogens is 199 g/mol. The van der Waals surface area contributed by atoms with E-state index in [4.69, 9.17) is 0 Å². The Morgan fingerprint density at radius 1 is 1.00 bits per heavy atom. The average molecular weight is 228 g/mol. The highest BCUT2D eigenvalue weighted by molar-refractivity contribution is 4.74. The fourth-order valence-electron chi connectivity index (χ4n) is 3.07. The first-order chi connectivity index (χ1) is 7.76. The summed E-state index contributed by atoms with van der Waals surface area (Å²) in [6, 6.07) is 0. The molecule has 1 rings (SSSR count). The smallest absolute Gasteiger partial charge is 0.100 e. The molecule has 1 aliphatic carbocycles. The maximum atomic E-state index is 13.6. The Labute approximate surface area is 101 Å². The molecule has 0 N–H and O–H groups in total. The van der Waals surface area contributed by atoms with Gasteiger partial charge in [-0.1, -0.05) is 65.2 Å². The monoisotopic (exact) mass is 228 g/mol. The van der Waals surface area contributed by atoms with Gasteiger partial charge in [-0.3, -0.25) is 0 Å². The van der Waals surface area contributed by atoms with E-state index in [1.165, 1.54) is 38.5 Å². The molecule has 0 nitrogen and oxygen atoms in total. The molecule has 0 aliphatic heterocycles. The molecule has 1 saturated carbocycles. The molecule has 0 saturated heterocycles. The summed E-state index contributed by atoms with van der Waals surface area (Å²) in [5, 5.41) is 0. The van der Waals surface area contributed by atoms with Gasteiger partial charge in [-0.2, -0.15) is 0 Å². The van der Waals surface area contributed by atoms with E-state index in [-0.39, 0.29) is 0 Å². The summed E-state index contributed by atoms with van der Waals surface area (Å²) in [5.41, 5.74) is 0. The van der Waals surface area contributed by atoms with Crippen molar-refractivity contribution in [1.29, 1.82) is 0 Å². The quantitative estimate of drug-likeness (QED) is 0.539. The Hall–Kier alpha value is -0.0700. The highest BCUT2D eigenvalue weighted by atomic mass is 19.1. The molecule has 0 bridgehead atoms. The molecule has 1 aliphatic rings. The van der Waals surface area contributed by atoms with Crippen LogP contribution in [0.2, 0.25) is 0 Å². The normalized spacial score (nSPS) is 27.9. The molecule has 0 radical (unpaired) electrons. The molecule has 96 valence electrons. The predicted molar refractivity (Wildman–Crippen MR) is 69.4 cm³/mol. The average Bonchev–Trinajstić information content (AvgIpc) is 2.29. The van der Waals surface area contributed by atoms with Gasteiger partial charge in [0.15, 0.2) is 0 Å². The Bertz CT molecular complexity index is 159. The first kappa shape index (κ1) is 14.0. The lowest BCUT2D eigenvalue weighted by Crippen LogP contribution is -2.18. The summed E-state index contributed by atoms with van der Waals surface area (Å²) in [6.45, 7) is 4.41. The van der Waals surface area contributed by atoms with Crippen molar-refractivity contribution in [2.45, 2.75) is 84.2 Å². The van der Waals surface area contributed by atoms with Crippen LogP contribution < -0.4 is 0 Å². The fraction of sp³-hybridized carbons (Fsp3) is 1.00. The van der Waals surface area contributed by atoms with Gasteiger partial charge < -0.3 is 0 Å². The molecule has 0 aromatic carbocycles. The van der Waals surface area contributed by atoms with Crippen molar-refractivity contribution >= 4 is 0 Å². The Balaban J connectivity index is 2.11. The van der Waals surface area contributed by atoms with E-state index in [0.717, 1.165) is 31.6 Å². The maximum Gasteiger partial charge on any atom is 0.100 e. The van der Waals surface area contributed by atoms with Gasteiger partial charge in [-0.05, 0) is 24.7 Å². The van der Waals surface area contributed by atoms with Crippen molar-refractivity contribution in [2.24, 2.45) is 11.8 Å². The van der Waals surface area contributed by atoms with Crippen LogP contribution in [0.15, 0.2) is 0 Å². The van der Waals surface area contributed by atoms with Gasteiger partial charge in [0.25, 0.3) is 0 Å². The molecule has 1 fully saturated rings. The molecule has 0 spiro atoms. The van der Waals surface area contributed by atoms with Crippen molar-refractivity contribution in [3.8, 4) is 0 Å². The van der Waals surface area contributed by atoms with Crippen LogP contribution in [0, 0.1) is 11.8 Å². The van der Waals surface area contributed by atoms with Crippen LogP contribution in [-0.4, -0.2) is 6.17 Å². The Morgan fingerprint density at radius 3 is 2.19 bits per heavy atom. The SMILES string of the molecule is CCCCC(F)CC1CCC(CCC)CC1. The standard InChI is InChI=1S/C15H29F/c1-3-5-7-15(16)12-14-10-8-13(6-4-2)9-11-14/h13-15H,3-12H2,1-2H3. The summed E-state index contributed by atoms with van der Waals surface area (Å²) >= 11 is 0. The summed E-state index contributed by atoms with van der Waals surface area (Å²) in [4.78, 5) is 0. The van der Waals surface area contributed by atoms with Crippen LogP contribution >= 0.6 is 0 Å². The van der Waals surface area contributed by atoms with Crippen LogP contribution in [0.1, 0.15) is 78.1 Å². The Morgan fingerprint density at radius 2 is 1.62 bits per heavy atom. The molecule has 1 heteroatoms. The Kier molecular flexibility index (Phi) is 7.07. The summed E-state index contributed by atoms with van der Waals surface area (Å²) in [7, 11) is 0. The molecule has 1 unspecified atom stereocenters. The molecule has 0 amide bonds. The highest BCUT2D eigenvalue weighted by Gasteiger charge is 2.22. The number of hydrogen-bond donors (Lipinski definition) is 0. The second-order valence-electron chi connectivity index (χ2n) is 5.65. The van der Waals surface area contributed by atoms with E-state index in [1.54, 1.807) is 0 Å². The lowest BCUT2D eigenvalue weighted by molar-refractivity contribution is 0.189. The van der Waals surface area contributed by atoms with Crippen molar-refractivity contribution in [1.82, 2.24) is 0 Å². The first-order valence-corrected chi connectivity index (χ1v) is 7.40. The highest BCUT2D eigenvalue weighted by Crippen LogP contribution is 2.34. The van der Waals surface area contributed by atoms with Crippen LogP contribution in [-0.2, 0) is 0 Å². The minimum absolute atomic E-state index is 0.521. The zero-order valence-electron chi connectivity index (χ0n) is 11.2. The maximum absolute atomic E-state index is 13.6. The zero-order chi connectivity index (χ0) is 11.8. The topological polar surface area (TPSA) is 0 Å². The van der Waals surface area contributed by atoms with Gasteiger partial charge in [0.2, 0.25) is 0 Å². The molecular formula is C15H29F. The number of hydrogen-bond acceptors (Lipinski definition) is 0. The van der Waals surface area contributed by atoms with Crippen LogP contribution in [0.5, 0.6) is 0 Å². The zero-order valence-corrected chi connectivity index (χ0v) is 11.2. The first-order valence-electron chi connectivity index (χ1n) is 7.40. The predicted octanol–water partition coefficient (Wildman–Crippen LogP) is 5.51. The second-order valence-corrected chi connectivity index (χ2v) is 5.65.